The van der Waals surface area contributed by atoms with Crippen molar-refractivity contribution in [2.75, 3.05) is 23.7 Å². The van der Waals surface area contributed by atoms with Crippen molar-refractivity contribution in [2.45, 2.75) is 109 Å². The Labute approximate surface area is 364 Å². The Kier molecular flexibility index (Phi) is 15.5. The van der Waals surface area contributed by atoms with E-state index in [-0.39, 0.29) is 29.8 Å². The van der Waals surface area contributed by atoms with Gasteiger partial charge in [-0.25, -0.2) is 9.97 Å². The van der Waals surface area contributed by atoms with Crippen molar-refractivity contribution in [3.8, 4) is 0 Å². The molecule has 0 bridgehead atoms. The standard InChI is InChI=1S/C26H29N3O3.C26H29N3O/c30-23(8-3-7-22-12-10-18-6-4-14-27-26(18)29-22)13-11-19(16-25(31)32)21-15-20-5-1-2-9-24(20)28-17-21;1-2-19(22-17-21-7-3-4-11-25(21)28-18-22)13-15-24(30)10-5-9-23-14-12-20-8-6-16-27-26(20)29-23/h1-2,5,9-10,12,15,17,19H,3-4,6-8,11,13-14,16H2,(H,27,29)(H,31,32);3-4,7,11-15,17-19H,2,5-6,8-10,16H2,1H3,(H,27,29). The van der Waals surface area contributed by atoms with Crippen LogP contribution in [0.15, 0.2) is 109 Å². The monoisotopic (exact) mass is 830 g/mol. The number of hydrogen-bond donors (Lipinski definition) is 3. The first-order valence-corrected chi connectivity index (χ1v) is 22.4. The van der Waals surface area contributed by atoms with Crippen molar-refractivity contribution >= 4 is 51.0 Å². The minimum absolute atomic E-state index is 0.000649. The second kappa shape index (κ2) is 22.0. The highest BCUT2D eigenvalue weighted by Crippen LogP contribution is 2.29. The molecule has 2 aliphatic rings. The third kappa shape index (κ3) is 12.4. The fraction of sp³-hybridized carbons (Fsp3) is 0.365. The molecule has 0 saturated heterocycles. The van der Waals surface area contributed by atoms with Crippen LogP contribution in [0.1, 0.15) is 117 Å². The summed E-state index contributed by atoms with van der Waals surface area (Å²) in [6, 6.07) is 28.6. The second-order valence-electron chi connectivity index (χ2n) is 16.5. The van der Waals surface area contributed by atoms with Crippen molar-refractivity contribution in [1.82, 2.24) is 19.9 Å². The highest BCUT2D eigenvalue weighted by Gasteiger charge is 2.19. The molecule has 0 radical (unpaired) electrons. The predicted octanol–water partition coefficient (Wildman–Crippen LogP) is 10.5. The molecule has 2 atom stereocenters. The number of benzene rings is 2. The number of nitrogens with one attached hydrogen (secondary N) is 2. The summed E-state index contributed by atoms with van der Waals surface area (Å²) in [6.45, 7) is 4.11. The zero-order valence-electron chi connectivity index (χ0n) is 35.8. The molecule has 62 heavy (non-hydrogen) atoms. The van der Waals surface area contributed by atoms with Crippen LogP contribution < -0.4 is 10.6 Å². The van der Waals surface area contributed by atoms with Gasteiger partial charge in [0, 0.05) is 72.8 Å². The zero-order chi connectivity index (χ0) is 43.1. The number of carboxylic acids is 1. The molecule has 2 unspecified atom stereocenters. The summed E-state index contributed by atoms with van der Waals surface area (Å²) >= 11 is 0. The first kappa shape index (κ1) is 43.8. The van der Waals surface area contributed by atoms with Gasteiger partial charge in [0.2, 0.25) is 0 Å². The van der Waals surface area contributed by atoms with Crippen molar-refractivity contribution < 1.29 is 19.5 Å². The third-order valence-corrected chi connectivity index (χ3v) is 11.9. The molecule has 0 saturated carbocycles. The Balaban J connectivity index is 0.000000187. The van der Waals surface area contributed by atoms with Crippen LogP contribution in [0.2, 0.25) is 0 Å². The number of allylic oxidation sites excluding steroid dienone is 2. The number of aryl methyl sites for hydroxylation is 4. The van der Waals surface area contributed by atoms with Crippen molar-refractivity contribution in [3.05, 3.63) is 143 Å². The summed E-state index contributed by atoms with van der Waals surface area (Å²) in [7, 11) is 0. The van der Waals surface area contributed by atoms with Gasteiger partial charge in [0.25, 0.3) is 0 Å². The molecule has 8 rings (SSSR count). The number of fused-ring (bicyclic) bond motifs is 4. The number of anilines is 2. The molecule has 10 heteroatoms. The van der Waals surface area contributed by atoms with Gasteiger partial charge in [-0.1, -0.05) is 61.5 Å². The molecular formula is C52H58N6O4. The molecule has 2 aromatic carbocycles. The molecule has 0 aliphatic carbocycles. The smallest absolute Gasteiger partial charge is 0.303 e. The molecule has 0 spiro atoms. The van der Waals surface area contributed by atoms with E-state index in [1.54, 1.807) is 12.3 Å². The second-order valence-corrected chi connectivity index (χ2v) is 16.5. The first-order chi connectivity index (χ1) is 30.3. The Bertz CT molecular complexity index is 2520. The van der Waals surface area contributed by atoms with E-state index >= 15 is 0 Å². The average molecular weight is 831 g/mol. The van der Waals surface area contributed by atoms with E-state index in [4.69, 9.17) is 4.98 Å². The Hall–Kier alpha value is -6.29. The number of Topliss-reactive ketones (excluding diaryl/α,β-unsaturated/α-hetero) is 1. The minimum Gasteiger partial charge on any atom is -0.481 e. The summed E-state index contributed by atoms with van der Waals surface area (Å²) in [5.74, 6) is 1.49. The normalized spacial score (nSPS) is 14.1. The number of aromatic nitrogens is 4. The lowest BCUT2D eigenvalue weighted by atomic mass is 9.90. The molecule has 320 valence electrons. The number of pyridine rings is 4. The molecule has 2 aliphatic heterocycles. The van der Waals surface area contributed by atoms with Gasteiger partial charge in [0.05, 0.1) is 17.5 Å². The zero-order valence-corrected chi connectivity index (χ0v) is 35.8. The molecular weight excluding hydrogens is 773 g/mol. The lowest BCUT2D eigenvalue weighted by molar-refractivity contribution is -0.137. The highest BCUT2D eigenvalue weighted by atomic mass is 16.4. The molecule has 6 aromatic rings. The summed E-state index contributed by atoms with van der Waals surface area (Å²) in [4.78, 5) is 54.7. The number of carbonyl (C=O) groups is 3. The number of nitrogens with zero attached hydrogens (tertiary/aromatic N) is 4. The summed E-state index contributed by atoms with van der Waals surface area (Å²) in [6.07, 6.45) is 18.0. The minimum atomic E-state index is -0.859. The van der Waals surface area contributed by atoms with E-state index in [0.717, 1.165) is 120 Å². The molecule has 0 amide bonds. The van der Waals surface area contributed by atoms with Gasteiger partial charge in [-0.05, 0) is 135 Å². The Morgan fingerprint density at radius 2 is 1.27 bits per heavy atom. The molecule has 3 N–H and O–H groups in total. The Morgan fingerprint density at radius 3 is 1.87 bits per heavy atom. The summed E-state index contributed by atoms with van der Waals surface area (Å²) < 4.78 is 0. The van der Waals surface area contributed by atoms with Crippen LogP contribution in [-0.2, 0) is 40.1 Å². The van der Waals surface area contributed by atoms with Crippen molar-refractivity contribution in [2.24, 2.45) is 0 Å². The van der Waals surface area contributed by atoms with E-state index in [1.807, 2.05) is 60.8 Å². The lowest BCUT2D eigenvalue weighted by Gasteiger charge is -2.17. The van der Waals surface area contributed by atoms with Crippen LogP contribution in [0.4, 0.5) is 11.6 Å². The maximum Gasteiger partial charge on any atom is 0.303 e. The van der Waals surface area contributed by atoms with Crippen LogP contribution in [0.25, 0.3) is 21.8 Å². The van der Waals surface area contributed by atoms with Gasteiger partial charge >= 0.3 is 5.97 Å². The fourth-order valence-corrected chi connectivity index (χ4v) is 8.38. The van der Waals surface area contributed by atoms with Gasteiger partial charge in [-0.3, -0.25) is 24.4 Å². The quantitative estimate of drug-likeness (QED) is 0.0715. The van der Waals surface area contributed by atoms with Crippen molar-refractivity contribution in [3.63, 3.8) is 0 Å². The van der Waals surface area contributed by atoms with Gasteiger partial charge in [0.1, 0.15) is 17.4 Å². The number of carboxylic acid groups (broad SMARTS) is 1. The molecule has 6 heterocycles. The van der Waals surface area contributed by atoms with Crippen LogP contribution in [0.3, 0.4) is 0 Å². The first-order valence-electron chi connectivity index (χ1n) is 22.4. The van der Waals surface area contributed by atoms with Crippen LogP contribution in [0.5, 0.6) is 0 Å². The van der Waals surface area contributed by atoms with Gasteiger partial charge in [0.15, 0.2) is 5.78 Å². The van der Waals surface area contributed by atoms with Gasteiger partial charge < -0.3 is 15.7 Å². The van der Waals surface area contributed by atoms with E-state index in [9.17, 15) is 19.5 Å². The average Bonchev–Trinajstić information content (AvgIpc) is 3.30. The van der Waals surface area contributed by atoms with E-state index in [0.29, 0.717) is 25.7 Å². The number of hydrogen-bond acceptors (Lipinski definition) is 9. The summed E-state index contributed by atoms with van der Waals surface area (Å²) in [5, 5.41) is 18.2. The van der Waals surface area contributed by atoms with E-state index in [1.165, 1.54) is 17.5 Å². The van der Waals surface area contributed by atoms with Gasteiger partial charge in [-0.15, -0.1) is 0 Å². The maximum absolute atomic E-state index is 12.5. The highest BCUT2D eigenvalue weighted by molar-refractivity contribution is 5.89. The van der Waals surface area contributed by atoms with Crippen LogP contribution >= 0.6 is 0 Å². The summed E-state index contributed by atoms with van der Waals surface area (Å²) in [5.41, 5.74) is 8.57. The van der Waals surface area contributed by atoms with E-state index in [2.05, 4.69) is 68.9 Å². The Morgan fingerprint density at radius 1 is 0.710 bits per heavy atom. The number of para-hydroxylation sites is 2. The topological polar surface area (TPSA) is 147 Å². The van der Waals surface area contributed by atoms with Gasteiger partial charge in [-0.2, -0.15) is 0 Å². The number of ketones is 2. The largest absolute Gasteiger partial charge is 0.481 e. The predicted molar refractivity (Wildman–Crippen MR) is 248 cm³/mol. The molecule has 0 fully saturated rings. The SMILES string of the molecule is CCC(C=CC(=O)CCCc1ccc2c(n1)NCCC2)c1cnc2ccccc2c1.O=C(O)CC(CCC(=O)CCCc1ccc2c(n1)NCCC2)c1cnc2ccccc2c1. The number of aliphatic carboxylic acids is 1. The van der Waals surface area contributed by atoms with Crippen LogP contribution in [0, 0.1) is 0 Å². The third-order valence-electron chi connectivity index (χ3n) is 11.9. The fourth-order valence-electron chi connectivity index (χ4n) is 8.38. The maximum atomic E-state index is 12.5. The van der Waals surface area contributed by atoms with E-state index < -0.39 is 5.97 Å². The number of rotatable bonds is 18. The van der Waals surface area contributed by atoms with Crippen molar-refractivity contribution in [1.29, 1.82) is 0 Å². The van der Waals surface area contributed by atoms with Crippen LogP contribution in [-0.4, -0.2) is 55.7 Å². The molecule has 10 nitrogen and oxygen atoms in total. The lowest BCUT2D eigenvalue weighted by Crippen LogP contribution is -2.14. The number of carbonyl (C=O) groups excluding carboxylic acids is 2. The molecule has 4 aromatic heterocycles.